The molecule has 226 valence electrons. The van der Waals surface area contributed by atoms with Gasteiger partial charge in [-0.05, 0) is 65.6 Å². The van der Waals surface area contributed by atoms with E-state index in [0.717, 1.165) is 49.9 Å². The van der Waals surface area contributed by atoms with Crippen LogP contribution in [0.25, 0.3) is 5.52 Å². The molecule has 6 rings (SSSR count). The number of hydrogen-bond acceptors (Lipinski definition) is 6. The number of benzene rings is 2. The second-order valence-corrected chi connectivity index (χ2v) is 12.4. The Labute approximate surface area is 250 Å². The summed E-state index contributed by atoms with van der Waals surface area (Å²) in [6, 6.07) is 13.5. The summed E-state index contributed by atoms with van der Waals surface area (Å²) in [6.07, 6.45) is -0.891. The fourth-order valence-corrected chi connectivity index (χ4v) is 7.04. The number of rotatable bonds is 7. The van der Waals surface area contributed by atoms with E-state index < -0.39 is 22.5 Å². The largest absolute Gasteiger partial charge is 0.416 e. The lowest BCUT2D eigenvalue weighted by molar-refractivity contribution is -0.138. The van der Waals surface area contributed by atoms with Gasteiger partial charge in [0.1, 0.15) is 17.1 Å². The normalized spacial score (nSPS) is 17.3. The molecule has 0 N–H and O–H groups in total. The third-order valence-electron chi connectivity index (χ3n) is 8.37. The van der Waals surface area contributed by atoms with Gasteiger partial charge in [0.25, 0.3) is 0 Å². The van der Waals surface area contributed by atoms with E-state index in [1.54, 1.807) is 33.8 Å². The number of alkyl halides is 3. The van der Waals surface area contributed by atoms with E-state index in [0.29, 0.717) is 40.5 Å². The highest BCUT2D eigenvalue weighted by molar-refractivity contribution is 7.85. The van der Waals surface area contributed by atoms with E-state index in [9.17, 15) is 22.2 Å². The number of piperazine rings is 1. The molecule has 1 fully saturated rings. The van der Waals surface area contributed by atoms with Crippen LogP contribution in [-0.4, -0.2) is 78.7 Å². The lowest BCUT2D eigenvalue weighted by Crippen LogP contribution is -2.45. The van der Waals surface area contributed by atoms with Gasteiger partial charge in [-0.15, -0.1) is 0 Å². The van der Waals surface area contributed by atoms with Gasteiger partial charge >= 0.3 is 6.18 Å². The Morgan fingerprint density at radius 2 is 1.77 bits per heavy atom. The molecule has 0 radical (unpaired) electrons. The average Bonchev–Trinajstić information content (AvgIpc) is 3.50. The van der Waals surface area contributed by atoms with E-state index in [-0.39, 0.29) is 24.4 Å². The molecule has 0 saturated carbocycles. The van der Waals surface area contributed by atoms with Crippen molar-refractivity contribution >= 4 is 22.2 Å². The van der Waals surface area contributed by atoms with Crippen molar-refractivity contribution in [2.75, 3.05) is 39.3 Å². The van der Waals surface area contributed by atoms with Gasteiger partial charge in [-0.2, -0.15) is 18.3 Å². The number of aromatic nitrogens is 3. The Balaban J connectivity index is 1.15. The van der Waals surface area contributed by atoms with E-state index >= 15 is 0 Å². The summed E-state index contributed by atoms with van der Waals surface area (Å²) in [5.41, 5.74) is 2.50. The summed E-state index contributed by atoms with van der Waals surface area (Å²) in [5, 5.41) is 4.53. The number of carbonyl (C=O) groups is 1. The van der Waals surface area contributed by atoms with Gasteiger partial charge in [-0.25, -0.2) is 13.7 Å². The molecule has 1 unspecified atom stereocenters. The molecule has 1 amide bonds. The molecule has 0 bridgehead atoms. The van der Waals surface area contributed by atoms with Crippen molar-refractivity contribution in [1.29, 1.82) is 0 Å². The highest BCUT2D eigenvalue weighted by Gasteiger charge is 2.34. The van der Waals surface area contributed by atoms with Gasteiger partial charge in [0.2, 0.25) is 5.91 Å². The van der Waals surface area contributed by atoms with Crippen molar-refractivity contribution in [3.05, 3.63) is 88.9 Å². The molecule has 2 aromatic heterocycles. The topological polar surface area (TPSA) is 74.0 Å². The Kier molecular flexibility index (Phi) is 8.34. The molecule has 2 aromatic carbocycles. The van der Waals surface area contributed by atoms with Gasteiger partial charge in [0.15, 0.2) is 5.03 Å². The fraction of sp³-hybridized carbons (Fsp3) is 0.387. The van der Waals surface area contributed by atoms with Gasteiger partial charge < -0.3 is 9.80 Å². The smallest absolute Gasteiger partial charge is 0.338 e. The van der Waals surface area contributed by atoms with Crippen LogP contribution < -0.4 is 0 Å². The molecule has 0 aliphatic carbocycles. The van der Waals surface area contributed by atoms with E-state index in [1.165, 1.54) is 12.4 Å². The molecular weight excluding hydrogens is 577 g/mol. The maximum Gasteiger partial charge on any atom is 0.416 e. The number of fused-ring (bicyclic) bond motifs is 2. The lowest BCUT2D eigenvalue weighted by Gasteiger charge is -2.34. The van der Waals surface area contributed by atoms with Gasteiger partial charge in [-0.3, -0.25) is 9.69 Å². The summed E-state index contributed by atoms with van der Waals surface area (Å²) in [6.45, 7) is 7.18. The van der Waals surface area contributed by atoms with Crippen LogP contribution >= 0.6 is 0 Å². The minimum absolute atomic E-state index is 0.118. The van der Waals surface area contributed by atoms with Gasteiger partial charge in [-0.1, -0.05) is 25.1 Å². The Hall–Kier alpha value is -3.61. The number of likely N-dealkylation sites (N-methyl/N-ethyl adjacent to an activating group) is 1. The van der Waals surface area contributed by atoms with Crippen molar-refractivity contribution in [3.63, 3.8) is 0 Å². The standard InChI is InChI=1S/C31H33F3N6O2S/c1-2-37-12-14-38(15-13-37)19-24-6-5-22(16-27(24)31(32,33)34)17-29(41)39-11-9-23-7-8-26(18-25(23)20-39)43(42)30-28-4-3-10-40(28)36-21-35-30/h3-8,10,16,18,21H,2,9,11-15,17,19-20H2,1H3. The zero-order valence-electron chi connectivity index (χ0n) is 23.9. The van der Waals surface area contributed by atoms with Gasteiger partial charge in [0.05, 0.1) is 17.5 Å². The van der Waals surface area contributed by atoms with Gasteiger partial charge in [0, 0.05) is 56.9 Å². The Morgan fingerprint density at radius 1 is 0.977 bits per heavy atom. The van der Waals surface area contributed by atoms with Crippen LogP contribution in [0, 0.1) is 0 Å². The van der Waals surface area contributed by atoms with E-state index in [4.69, 9.17) is 0 Å². The van der Waals surface area contributed by atoms with Crippen LogP contribution in [0.5, 0.6) is 0 Å². The Morgan fingerprint density at radius 3 is 2.53 bits per heavy atom. The van der Waals surface area contributed by atoms with Crippen molar-refractivity contribution in [1.82, 2.24) is 29.3 Å². The monoisotopic (exact) mass is 610 g/mol. The molecule has 0 spiro atoms. The molecule has 2 aliphatic rings. The number of hydrogen-bond donors (Lipinski definition) is 0. The lowest BCUT2D eigenvalue weighted by atomic mass is 9.98. The minimum Gasteiger partial charge on any atom is -0.338 e. The number of halogens is 3. The molecule has 43 heavy (non-hydrogen) atoms. The van der Waals surface area contributed by atoms with Crippen molar-refractivity contribution in [3.8, 4) is 0 Å². The number of carbonyl (C=O) groups excluding carboxylic acids is 1. The minimum atomic E-state index is -4.51. The fourth-order valence-electron chi connectivity index (χ4n) is 5.88. The number of amides is 1. The molecule has 4 heterocycles. The molecule has 12 heteroatoms. The maximum absolute atomic E-state index is 14.1. The highest BCUT2D eigenvalue weighted by Crippen LogP contribution is 2.34. The maximum atomic E-state index is 14.1. The van der Waals surface area contributed by atoms with Crippen LogP contribution in [0.1, 0.15) is 34.7 Å². The predicted molar refractivity (Wildman–Crippen MR) is 156 cm³/mol. The SMILES string of the molecule is CCN1CCN(Cc2ccc(CC(=O)N3CCc4ccc(S(=O)c5ncnn6cccc56)cc4C3)cc2C(F)(F)F)CC1. The summed E-state index contributed by atoms with van der Waals surface area (Å²) >= 11 is 0. The van der Waals surface area contributed by atoms with E-state index in [1.807, 2.05) is 18.2 Å². The first-order valence-corrected chi connectivity index (χ1v) is 15.6. The molecule has 4 aromatic rings. The van der Waals surface area contributed by atoms with Crippen LogP contribution in [0.3, 0.4) is 0 Å². The zero-order chi connectivity index (χ0) is 30.1. The predicted octanol–water partition coefficient (Wildman–Crippen LogP) is 4.18. The first kappa shape index (κ1) is 29.5. The van der Waals surface area contributed by atoms with Crippen LogP contribution in [0.2, 0.25) is 0 Å². The van der Waals surface area contributed by atoms with Crippen molar-refractivity contribution < 1.29 is 22.2 Å². The summed E-state index contributed by atoms with van der Waals surface area (Å²) < 4.78 is 57.3. The highest BCUT2D eigenvalue weighted by atomic mass is 32.2. The molecule has 2 aliphatic heterocycles. The van der Waals surface area contributed by atoms with Crippen molar-refractivity contribution in [2.24, 2.45) is 0 Å². The van der Waals surface area contributed by atoms with Crippen molar-refractivity contribution in [2.45, 2.75) is 49.0 Å². The quantitative estimate of drug-likeness (QED) is 0.313. The van der Waals surface area contributed by atoms with Crippen LogP contribution in [0.15, 0.2) is 71.0 Å². The first-order valence-electron chi connectivity index (χ1n) is 14.4. The molecule has 1 saturated heterocycles. The second kappa shape index (κ2) is 12.2. The average molecular weight is 611 g/mol. The molecule has 1 atom stereocenters. The van der Waals surface area contributed by atoms with Crippen LogP contribution in [0.4, 0.5) is 13.2 Å². The zero-order valence-corrected chi connectivity index (χ0v) is 24.7. The third kappa shape index (κ3) is 6.36. The first-order chi connectivity index (χ1) is 20.7. The Bertz CT molecular complexity index is 1670. The summed E-state index contributed by atoms with van der Waals surface area (Å²) in [4.78, 5) is 24.1. The molecule has 8 nitrogen and oxygen atoms in total. The molecular formula is C31H33F3N6O2S. The summed E-state index contributed by atoms with van der Waals surface area (Å²) in [7, 11) is -1.56. The summed E-state index contributed by atoms with van der Waals surface area (Å²) in [5.74, 6) is -0.237. The third-order valence-corrected chi connectivity index (χ3v) is 9.72. The van der Waals surface area contributed by atoms with E-state index in [2.05, 4.69) is 26.8 Å². The number of nitrogens with zero attached hydrogens (tertiary/aromatic N) is 6. The van der Waals surface area contributed by atoms with Crippen LogP contribution in [-0.2, 0) is 47.7 Å². The second-order valence-electron chi connectivity index (χ2n) is 11.0.